The summed E-state index contributed by atoms with van der Waals surface area (Å²) in [5.41, 5.74) is 1.70. The molecule has 0 spiro atoms. The second-order valence-corrected chi connectivity index (χ2v) is 4.51. The van der Waals surface area contributed by atoms with Gasteiger partial charge in [0.2, 0.25) is 0 Å². The number of halogens is 2. The summed E-state index contributed by atoms with van der Waals surface area (Å²) >= 11 is 0. The fourth-order valence-corrected chi connectivity index (χ4v) is 2.12. The molecule has 0 radical (unpaired) electrons. The van der Waals surface area contributed by atoms with Crippen molar-refractivity contribution in [3.63, 3.8) is 0 Å². The Balaban J connectivity index is 1.94. The maximum absolute atomic E-state index is 12.7. The van der Waals surface area contributed by atoms with Crippen molar-refractivity contribution < 1.29 is 8.78 Å². The molecule has 90 valence electrons. The number of alkyl halides is 2. The molecule has 0 aliphatic heterocycles. The minimum Gasteiger partial charge on any atom is -0.310 e. The first-order valence-electron chi connectivity index (χ1n) is 5.85. The first-order chi connectivity index (χ1) is 8.25. The second-order valence-electron chi connectivity index (χ2n) is 4.51. The van der Waals surface area contributed by atoms with E-state index in [1.165, 1.54) is 19.0 Å². The van der Waals surface area contributed by atoms with Crippen LogP contribution in [0.5, 0.6) is 0 Å². The molecule has 3 rings (SSSR count). The van der Waals surface area contributed by atoms with Crippen LogP contribution in [0.4, 0.5) is 8.78 Å². The SMILES string of the molecule is FC(F)n1ccc2c(CNC3CC3)cccc21. The van der Waals surface area contributed by atoms with Crippen molar-refractivity contribution in [1.29, 1.82) is 0 Å². The van der Waals surface area contributed by atoms with Gasteiger partial charge in [-0.05, 0) is 30.5 Å². The first kappa shape index (κ1) is 10.7. The van der Waals surface area contributed by atoms with Crippen LogP contribution in [0.15, 0.2) is 30.5 Å². The summed E-state index contributed by atoms with van der Waals surface area (Å²) in [6, 6.07) is 7.97. The molecule has 0 atom stereocenters. The highest BCUT2D eigenvalue weighted by molar-refractivity contribution is 5.83. The third-order valence-electron chi connectivity index (χ3n) is 3.22. The van der Waals surface area contributed by atoms with E-state index < -0.39 is 6.55 Å². The zero-order chi connectivity index (χ0) is 11.8. The highest BCUT2D eigenvalue weighted by Crippen LogP contribution is 2.26. The van der Waals surface area contributed by atoms with Crippen LogP contribution in [0.2, 0.25) is 0 Å². The van der Waals surface area contributed by atoms with E-state index in [9.17, 15) is 8.78 Å². The predicted octanol–water partition coefficient (Wildman–Crippen LogP) is 3.29. The molecule has 1 saturated carbocycles. The fourth-order valence-electron chi connectivity index (χ4n) is 2.12. The van der Waals surface area contributed by atoms with Gasteiger partial charge in [0.05, 0.1) is 5.52 Å². The highest BCUT2D eigenvalue weighted by Gasteiger charge is 2.20. The van der Waals surface area contributed by atoms with E-state index in [1.807, 2.05) is 12.1 Å². The van der Waals surface area contributed by atoms with Crippen LogP contribution in [0.3, 0.4) is 0 Å². The van der Waals surface area contributed by atoms with Crippen LogP contribution in [-0.4, -0.2) is 10.6 Å². The van der Waals surface area contributed by atoms with E-state index in [-0.39, 0.29) is 0 Å². The summed E-state index contributed by atoms with van der Waals surface area (Å²) in [5.74, 6) is 0. The van der Waals surface area contributed by atoms with Crippen LogP contribution in [0.1, 0.15) is 25.0 Å². The molecule has 2 nitrogen and oxygen atoms in total. The molecule has 0 saturated heterocycles. The Bertz CT molecular complexity index is 529. The summed E-state index contributed by atoms with van der Waals surface area (Å²) in [7, 11) is 0. The molecular weight excluding hydrogens is 222 g/mol. The number of hydrogen-bond donors (Lipinski definition) is 1. The Morgan fingerprint density at radius 3 is 2.82 bits per heavy atom. The lowest BCUT2D eigenvalue weighted by Crippen LogP contribution is -2.15. The molecule has 1 heterocycles. The lowest BCUT2D eigenvalue weighted by atomic mass is 10.1. The number of nitrogens with zero attached hydrogens (tertiary/aromatic N) is 1. The van der Waals surface area contributed by atoms with Gasteiger partial charge in [-0.15, -0.1) is 0 Å². The topological polar surface area (TPSA) is 17.0 Å². The van der Waals surface area contributed by atoms with Gasteiger partial charge in [0.15, 0.2) is 0 Å². The van der Waals surface area contributed by atoms with Crippen molar-refractivity contribution in [1.82, 2.24) is 9.88 Å². The minimum absolute atomic E-state index is 0.607. The van der Waals surface area contributed by atoms with Crippen LogP contribution in [0.25, 0.3) is 10.9 Å². The van der Waals surface area contributed by atoms with Gasteiger partial charge >= 0.3 is 6.55 Å². The molecule has 0 unspecified atom stereocenters. The molecule has 1 aromatic carbocycles. The molecule has 1 aliphatic carbocycles. The summed E-state index contributed by atoms with van der Waals surface area (Å²) in [6.07, 6.45) is 3.91. The van der Waals surface area contributed by atoms with E-state index in [4.69, 9.17) is 0 Å². The van der Waals surface area contributed by atoms with Crippen LogP contribution in [-0.2, 0) is 6.54 Å². The van der Waals surface area contributed by atoms with Gasteiger partial charge in [0.1, 0.15) is 0 Å². The maximum atomic E-state index is 12.7. The number of nitrogens with one attached hydrogen (secondary N) is 1. The summed E-state index contributed by atoms with van der Waals surface area (Å²) in [4.78, 5) is 0. The normalized spacial score (nSPS) is 15.9. The van der Waals surface area contributed by atoms with E-state index in [0.29, 0.717) is 11.6 Å². The van der Waals surface area contributed by atoms with E-state index >= 15 is 0 Å². The third kappa shape index (κ3) is 2.05. The summed E-state index contributed by atoms with van der Waals surface area (Å²) < 4.78 is 26.5. The van der Waals surface area contributed by atoms with E-state index in [1.54, 1.807) is 12.1 Å². The van der Waals surface area contributed by atoms with Crippen LogP contribution >= 0.6 is 0 Å². The van der Waals surface area contributed by atoms with E-state index in [0.717, 1.165) is 22.1 Å². The smallest absolute Gasteiger partial charge is 0.310 e. The minimum atomic E-state index is -2.47. The fraction of sp³-hybridized carbons (Fsp3) is 0.385. The molecule has 1 aliphatic rings. The number of fused-ring (bicyclic) bond motifs is 1. The van der Waals surface area contributed by atoms with Crippen molar-refractivity contribution >= 4 is 10.9 Å². The van der Waals surface area contributed by atoms with Gasteiger partial charge in [-0.2, -0.15) is 8.78 Å². The van der Waals surface area contributed by atoms with Crippen LogP contribution in [0, 0.1) is 0 Å². The zero-order valence-electron chi connectivity index (χ0n) is 9.37. The molecule has 0 amide bonds. The Kier molecular flexibility index (Phi) is 2.59. The van der Waals surface area contributed by atoms with Gasteiger partial charge in [-0.25, -0.2) is 0 Å². The van der Waals surface area contributed by atoms with Gasteiger partial charge in [-0.3, -0.25) is 4.57 Å². The van der Waals surface area contributed by atoms with Crippen molar-refractivity contribution in [2.24, 2.45) is 0 Å². The molecule has 4 heteroatoms. The number of aromatic nitrogens is 1. The average molecular weight is 236 g/mol. The van der Waals surface area contributed by atoms with Gasteiger partial charge < -0.3 is 5.32 Å². The number of benzene rings is 1. The largest absolute Gasteiger partial charge is 0.319 e. The standard InChI is InChI=1S/C13H14F2N2/c14-13(15)17-7-6-11-9(2-1-3-12(11)17)8-16-10-4-5-10/h1-3,6-7,10,13,16H,4-5,8H2. The Morgan fingerprint density at radius 1 is 1.29 bits per heavy atom. The monoisotopic (exact) mass is 236 g/mol. The van der Waals surface area contributed by atoms with Crippen molar-refractivity contribution in [2.45, 2.75) is 32.0 Å². The van der Waals surface area contributed by atoms with Crippen molar-refractivity contribution in [3.05, 3.63) is 36.0 Å². The van der Waals surface area contributed by atoms with Crippen LogP contribution < -0.4 is 5.32 Å². The quantitative estimate of drug-likeness (QED) is 0.862. The Morgan fingerprint density at radius 2 is 2.12 bits per heavy atom. The predicted molar refractivity (Wildman–Crippen MR) is 63.1 cm³/mol. The molecule has 0 bridgehead atoms. The maximum Gasteiger partial charge on any atom is 0.319 e. The molecule has 1 N–H and O–H groups in total. The van der Waals surface area contributed by atoms with Gasteiger partial charge in [-0.1, -0.05) is 12.1 Å². The summed E-state index contributed by atoms with van der Waals surface area (Å²) in [5, 5.41) is 4.32. The number of rotatable bonds is 4. The Hall–Kier alpha value is -1.42. The highest BCUT2D eigenvalue weighted by atomic mass is 19.3. The number of hydrogen-bond acceptors (Lipinski definition) is 1. The summed E-state index contributed by atoms with van der Waals surface area (Å²) in [6.45, 7) is -1.71. The van der Waals surface area contributed by atoms with E-state index in [2.05, 4.69) is 5.32 Å². The lowest BCUT2D eigenvalue weighted by molar-refractivity contribution is 0.0752. The average Bonchev–Trinajstić information content (AvgIpc) is 3.03. The molecule has 2 aromatic rings. The molecule has 17 heavy (non-hydrogen) atoms. The first-order valence-corrected chi connectivity index (χ1v) is 5.85. The van der Waals surface area contributed by atoms with Crippen molar-refractivity contribution in [2.75, 3.05) is 0 Å². The molecule has 1 aromatic heterocycles. The van der Waals surface area contributed by atoms with Gasteiger partial charge in [0.25, 0.3) is 0 Å². The lowest BCUT2D eigenvalue weighted by Gasteiger charge is -2.07. The second kappa shape index (κ2) is 4.11. The molecular formula is C13H14F2N2. The Labute approximate surface area is 98.2 Å². The van der Waals surface area contributed by atoms with Gasteiger partial charge in [0, 0.05) is 24.2 Å². The third-order valence-corrected chi connectivity index (χ3v) is 3.22. The zero-order valence-corrected chi connectivity index (χ0v) is 9.37. The molecule has 1 fully saturated rings. The van der Waals surface area contributed by atoms with Crippen molar-refractivity contribution in [3.8, 4) is 0 Å².